The third-order valence-corrected chi connectivity index (χ3v) is 6.17. The molecular formula is C24H38N4. The lowest BCUT2D eigenvalue weighted by atomic mass is 9.94. The van der Waals surface area contributed by atoms with Gasteiger partial charge in [-0.1, -0.05) is 38.0 Å². The maximum absolute atomic E-state index is 4.52. The minimum absolute atomic E-state index is 0.930. The van der Waals surface area contributed by atoms with Gasteiger partial charge in [0.25, 0.3) is 0 Å². The SMILES string of the molecule is CCC1CCN(c2ccc(C)cc2)CC1.CCCC1=NCC2=C(CNCC2)N1. The highest BCUT2D eigenvalue weighted by Crippen LogP contribution is 2.25. The zero-order valence-corrected chi connectivity index (χ0v) is 18.1. The summed E-state index contributed by atoms with van der Waals surface area (Å²) in [5.74, 6) is 2.14. The predicted octanol–water partition coefficient (Wildman–Crippen LogP) is 4.66. The van der Waals surface area contributed by atoms with Gasteiger partial charge in [-0.2, -0.15) is 0 Å². The van der Waals surface area contributed by atoms with Crippen LogP contribution in [0.15, 0.2) is 40.5 Å². The van der Waals surface area contributed by atoms with Crippen molar-refractivity contribution in [2.45, 2.75) is 59.3 Å². The maximum atomic E-state index is 4.52. The van der Waals surface area contributed by atoms with E-state index in [9.17, 15) is 0 Å². The monoisotopic (exact) mass is 382 g/mol. The van der Waals surface area contributed by atoms with Gasteiger partial charge in [0, 0.05) is 37.4 Å². The molecule has 0 amide bonds. The maximum Gasteiger partial charge on any atom is 0.101 e. The van der Waals surface area contributed by atoms with Gasteiger partial charge in [0.05, 0.1) is 6.54 Å². The standard InChI is InChI=1S/C14H21N.C10H17N3/c1-3-13-8-10-15(11-9-13)14-6-4-12(2)5-7-14;1-2-3-10-12-6-8-4-5-11-7-9(8)13-10/h4-7,13H,3,8-11H2,1-2H3;11H,2-7H2,1H3,(H,12,13). The summed E-state index contributed by atoms with van der Waals surface area (Å²) in [6.45, 7) is 12.2. The minimum atomic E-state index is 0.930. The molecule has 1 saturated heterocycles. The van der Waals surface area contributed by atoms with E-state index in [1.54, 1.807) is 0 Å². The smallest absolute Gasteiger partial charge is 0.101 e. The van der Waals surface area contributed by atoms with Crippen LogP contribution in [0, 0.1) is 12.8 Å². The minimum Gasteiger partial charge on any atom is -0.372 e. The molecule has 3 aliphatic rings. The number of benzene rings is 1. The van der Waals surface area contributed by atoms with Gasteiger partial charge < -0.3 is 15.5 Å². The number of hydrogen-bond donors (Lipinski definition) is 2. The Labute approximate surface area is 171 Å². The van der Waals surface area contributed by atoms with Crippen LogP contribution in [0.25, 0.3) is 0 Å². The van der Waals surface area contributed by atoms with E-state index in [0.717, 1.165) is 38.4 Å². The molecule has 4 heteroatoms. The molecule has 28 heavy (non-hydrogen) atoms. The summed E-state index contributed by atoms with van der Waals surface area (Å²) in [5, 5.41) is 6.79. The molecule has 0 aliphatic carbocycles. The Balaban J connectivity index is 0.000000162. The summed E-state index contributed by atoms with van der Waals surface area (Å²) in [5.41, 5.74) is 5.63. The zero-order valence-electron chi connectivity index (χ0n) is 18.1. The summed E-state index contributed by atoms with van der Waals surface area (Å²) >= 11 is 0. The van der Waals surface area contributed by atoms with Crippen LogP contribution in [0.1, 0.15) is 57.9 Å². The number of aryl methyl sites for hydroxylation is 1. The number of nitrogens with zero attached hydrogens (tertiary/aromatic N) is 2. The summed E-state index contributed by atoms with van der Waals surface area (Å²) in [6.07, 6.45) is 7.49. The molecule has 0 bridgehead atoms. The first-order chi connectivity index (χ1) is 13.7. The lowest BCUT2D eigenvalue weighted by Crippen LogP contribution is -2.38. The van der Waals surface area contributed by atoms with E-state index in [1.165, 1.54) is 67.1 Å². The van der Waals surface area contributed by atoms with Crippen molar-refractivity contribution in [1.82, 2.24) is 10.6 Å². The number of piperidine rings is 1. The van der Waals surface area contributed by atoms with Crippen molar-refractivity contribution in [3.8, 4) is 0 Å². The van der Waals surface area contributed by atoms with Crippen LogP contribution in [0.5, 0.6) is 0 Å². The number of anilines is 1. The van der Waals surface area contributed by atoms with Crippen LogP contribution in [-0.2, 0) is 0 Å². The van der Waals surface area contributed by atoms with E-state index in [0.29, 0.717) is 0 Å². The van der Waals surface area contributed by atoms with Gasteiger partial charge in [-0.05, 0) is 62.8 Å². The average Bonchev–Trinajstić information content (AvgIpc) is 2.75. The molecule has 2 N–H and O–H groups in total. The summed E-state index contributed by atoms with van der Waals surface area (Å²) < 4.78 is 0. The second-order valence-electron chi connectivity index (χ2n) is 8.32. The first-order valence-electron chi connectivity index (χ1n) is 11.2. The lowest BCUT2D eigenvalue weighted by molar-refractivity contribution is 0.395. The Morgan fingerprint density at radius 2 is 1.86 bits per heavy atom. The molecule has 0 atom stereocenters. The molecule has 4 rings (SSSR count). The predicted molar refractivity (Wildman–Crippen MR) is 121 cm³/mol. The number of hydrogen-bond acceptors (Lipinski definition) is 4. The Morgan fingerprint density at radius 3 is 2.54 bits per heavy atom. The quantitative estimate of drug-likeness (QED) is 0.796. The normalized spacial score (nSPS) is 20.0. The van der Waals surface area contributed by atoms with Crippen molar-refractivity contribution in [3.05, 3.63) is 41.1 Å². The highest BCUT2D eigenvalue weighted by molar-refractivity contribution is 5.85. The third kappa shape index (κ3) is 5.84. The fraction of sp³-hybridized carbons (Fsp3) is 0.625. The fourth-order valence-corrected chi connectivity index (χ4v) is 4.17. The molecule has 4 nitrogen and oxygen atoms in total. The molecule has 154 valence electrons. The van der Waals surface area contributed by atoms with Crippen LogP contribution >= 0.6 is 0 Å². The highest BCUT2D eigenvalue weighted by atomic mass is 15.1. The first-order valence-corrected chi connectivity index (χ1v) is 11.2. The molecule has 1 fully saturated rings. The first kappa shape index (κ1) is 20.9. The zero-order chi connectivity index (χ0) is 19.8. The Bertz CT molecular complexity index is 666. The molecular weight excluding hydrogens is 344 g/mol. The molecule has 1 aromatic rings. The summed E-state index contributed by atoms with van der Waals surface area (Å²) in [7, 11) is 0. The van der Waals surface area contributed by atoms with Crippen molar-refractivity contribution in [1.29, 1.82) is 0 Å². The van der Waals surface area contributed by atoms with Gasteiger partial charge >= 0.3 is 0 Å². The van der Waals surface area contributed by atoms with Gasteiger partial charge in [-0.3, -0.25) is 4.99 Å². The number of nitrogens with one attached hydrogen (secondary N) is 2. The molecule has 0 radical (unpaired) electrons. The van der Waals surface area contributed by atoms with E-state index in [4.69, 9.17) is 0 Å². The Hall–Kier alpha value is -1.81. The Morgan fingerprint density at radius 1 is 1.11 bits per heavy atom. The van der Waals surface area contributed by atoms with Gasteiger partial charge in [0.1, 0.15) is 5.84 Å². The molecule has 0 spiro atoms. The van der Waals surface area contributed by atoms with Gasteiger partial charge in [-0.25, -0.2) is 0 Å². The van der Waals surface area contributed by atoms with E-state index < -0.39 is 0 Å². The van der Waals surface area contributed by atoms with E-state index in [-0.39, 0.29) is 0 Å². The molecule has 0 aromatic heterocycles. The largest absolute Gasteiger partial charge is 0.372 e. The van der Waals surface area contributed by atoms with Crippen LogP contribution in [0.4, 0.5) is 5.69 Å². The van der Waals surface area contributed by atoms with Gasteiger partial charge in [0.2, 0.25) is 0 Å². The van der Waals surface area contributed by atoms with Crippen molar-refractivity contribution >= 4 is 11.5 Å². The molecule has 0 unspecified atom stereocenters. The Kier molecular flexibility index (Phi) is 7.96. The second-order valence-corrected chi connectivity index (χ2v) is 8.32. The van der Waals surface area contributed by atoms with Crippen LogP contribution in [0.3, 0.4) is 0 Å². The average molecular weight is 383 g/mol. The van der Waals surface area contributed by atoms with E-state index in [2.05, 4.69) is 65.6 Å². The number of rotatable bonds is 4. The van der Waals surface area contributed by atoms with Crippen molar-refractivity contribution in [3.63, 3.8) is 0 Å². The van der Waals surface area contributed by atoms with Crippen molar-refractivity contribution in [2.24, 2.45) is 10.9 Å². The van der Waals surface area contributed by atoms with Crippen LogP contribution in [-0.4, -0.2) is 38.6 Å². The summed E-state index contributed by atoms with van der Waals surface area (Å²) in [6, 6.07) is 8.92. The lowest BCUT2D eigenvalue weighted by Gasteiger charge is -2.33. The third-order valence-electron chi connectivity index (χ3n) is 6.17. The fourth-order valence-electron chi connectivity index (χ4n) is 4.17. The highest BCUT2D eigenvalue weighted by Gasteiger charge is 2.18. The number of aliphatic imine (C=N–C) groups is 1. The number of amidine groups is 1. The molecule has 3 heterocycles. The van der Waals surface area contributed by atoms with Crippen molar-refractivity contribution < 1.29 is 0 Å². The second kappa shape index (κ2) is 10.7. The van der Waals surface area contributed by atoms with Gasteiger partial charge in [0.15, 0.2) is 0 Å². The van der Waals surface area contributed by atoms with Crippen LogP contribution < -0.4 is 15.5 Å². The van der Waals surface area contributed by atoms with Gasteiger partial charge in [-0.15, -0.1) is 0 Å². The summed E-state index contributed by atoms with van der Waals surface area (Å²) in [4.78, 5) is 7.04. The van der Waals surface area contributed by atoms with E-state index >= 15 is 0 Å². The molecule has 3 aliphatic heterocycles. The van der Waals surface area contributed by atoms with Crippen LogP contribution in [0.2, 0.25) is 0 Å². The molecule has 0 saturated carbocycles. The topological polar surface area (TPSA) is 39.7 Å². The molecule has 1 aromatic carbocycles. The van der Waals surface area contributed by atoms with E-state index in [1.807, 2.05) is 0 Å². The van der Waals surface area contributed by atoms with Crippen molar-refractivity contribution in [2.75, 3.05) is 37.6 Å².